The monoisotopic (exact) mass is 239 g/mol. The molecule has 4 nitrogen and oxygen atoms in total. The molecule has 3 atom stereocenters. The third-order valence-corrected chi connectivity index (χ3v) is 3.52. The van der Waals surface area contributed by atoms with Crippen LogP contribution in [0.25, 0.3) is 0 Å². The number of rotatable bonds is 3. The van der Waals surface area contributed by atoms with Crippen LogP contribution in [0.5, 0.6) is 0 Å². The largest absolute Gasteiger partial charge is 0.375 e. The van der Waals surface area contributed by atoms with Crippen LogP contribution in [-0.4, -0.2) is 30.3 Å². The van der Waals surface area contributed by atoms with Crippen molar-refractivity contribution >= 4 is 5.96 Å². The smallest absolute Gasteiger partial charge is 0.188 e. The van der Waals surface area contributed by atoms with Crippen LogP contribution in [0.4, 0.5) is 0 Å². The quantitative estimate of drug-likeness (QED) is 0.581. The van der Waals surface area contributed by atoms with Crippen LogP contribution in [0.2, 0.25) is 0 Å². The molecule has 2 heterocycles. The molecule has 0 spiro atoms. The van der Waals surface area contributed by atoms with Crippen LogP contribution >= 0.6 is 0 Å². The molecule has 0 aromatic carbocycles. The maximum Gasteiger partial charge on any atom is 0.188 e. The normalized spacial score (nSPS) is 33.1. The molecule has 3 N–H and O–H groups in total. The molecule has 98 valence electrons. The van der Waals surface area contributed by atoms with Gasteiger partial charge in [0.1, 0.15) is 0 Å². The number of nitrogens with zero attached hydrogens (tertiary/aromatic N) is 1. The molecule has 2 aliphatic rings. The van der Waals surface area contributed by atoms with Crippen molar-refractivity contribution in [2.75, 3.05) is 6.54 Å². The molecule has 0 aromatic heterocycles. The van der Waals surface area contributed by atoms with Gasteiger partial charge >= 0.3 is 0 Å². The number of guanidine groups is 1. The van der Waals surface area contributed by atoms with E-state index in [4.69, 9.17) is 10.5 Å². The summed E-state index contributed by atoms with van der Waals surface area (Å²) >= 11 is 0. The number of ether oxygens (including phenoxy) is 1. The number of fused-ring (bicyclic) bond motifs is 2. The fourth-order valence-corrected chi connectivity index (χ4v) is 2.82. The summed E-state index contributed by atoms with van der Waals surface area (Å²) in [6, 6.07) is 0. The number of nitrogens with two attached hydrogens (primary N) is 1. The Kier molecular flexibility index (Phi) is 3.61. The maximum atomic E-state index is 5.83. The molecule has 2 fully saturated rings. The summed E-state index contributed by atoms with van der Waals surface area (Å²) in [5, 5.41) is 3.17. The van der Waals surface area contributed by atoms with Gasteiger partial charge in [0, 0.05) is 12.1 Å². The third-order valence-electron chi connectivity index (χ3n) is 3.52. The molecular formula is C13H25N3O. The number of hydrogen-bond donors (Lipinski definition) is 2. The Labute approximate surface area is 104 Å². The van der Waals surface area contributed by atoms with Crippen LogP contribution < -0.4 is 11.1 Å². The molecule has 0 aromatic rings. The number of nitrogens with one attached hydrogen (secondary N) is 1. The summed E-state index contributed by atoms with van der Waals surface area (Å²) in [5.41, 5.74) is 5.82. The summed E-state index contributed by atoms with van der Waals surface area (Å²) in [5.74, 6) is 1.27. The van der Waals surface area contributed by atoms with Gasteiger partial charge in [-0.05, 0) is 52.4 Å². The van der Waals surface area contributed by atoms with Crippen LogP contribution in [-0.2, 0) is 4.74 Å². The van der Waals surface area contributed by atoms with Gasteiger partial charge in [0.05, 0.1) is 12.2 Å². The first kappa shape index (κ1) is 12.7. The lowest BCUT2D eigenvalue weighted by Gasteiger charge is -2.21. The van der Waals surface area contributed by atoms with Crippen molar-refractivity contribution in [3.63, 3.8) is 0 Å². The van der Waals surface area contributed by atoms with Crippen molar-refractivity contribution in [1.29, 1.82) is 0 Å². The number of aliphatic imine (C=N–C) groups is 1. The van der Waals surface area contributed by atoms with E-state index in [1.54, 1.807) is 0 Å². The Hall–Kier alpha value is -0.770. The average molecular weight is 239 g/mol. The van der Waals surface area contributed by atoms with Crippen LogP contribution in [0.15, 0.2) is 4.99 Å². The fraction of sp³-hybridized carbons (Fsp3) is 0.923. The summed E-state index contributed by atoms with van der Waals surface area (Å²) in [6.07, 6.45) is 5.89. The van der Waals surface area contributed by atoms with Gasteiger partial charge in [0.25, 0.3) is 0 Å². The first-order valence-corrected chi connectivity index (χ1v) is 6.67. The standard InChI is InChI=1S/C13H25N3O/c1-13(2,3)16-12(14)15-7-6-9-8-10-4-5-11(9)17-10/h9-11H,4-8H2,1-3H3,(H3,14,15,16). The Morgan fingerprint density at radius 2 is 2.18 bits per heavy atom. The van der Waals surface area contributed by atoms with Crippen LogP contribution in [0, 0.1) is 5.92 Å². The lowest BCUT2D eigenvalue weighted by atomic mass is 9.87. The second-order valence-electron chi connectivity index (χ2n) is 6.30. The van der Waals surface area contributed by atoms with E-state index >= 15 is 0 Å². The predicted molar refractivity (Wildman–Crippen MR) is 70.0 cm³/mol. The van der Waals surface area contributed by atoms with Gasteiger partial charge in [0.2, 0.25) is 0 Å². The van der Waals surface area contributed by atoms with Crippen molar-refractivity contribution in [1.82, 2.24) is 5.32 Å². The Balaban J connectivity index is 1.70. The van der Waals surface area contributed by atoms with E-state index in [0.29, 0.717) is 24.1 Å². The minimum Gasteiger partial charge on any atom is -0.375 e. The Bertz CT molecular complexity index is 296. The van der Waals surface area contributed by atoms with E-state index in [9.17, 15) is 0 Å². The minimum absolute atomic E-state index is 0.0108. The van der Waals surface area contributed by atoms with Crippen molar-refractivity contribution in [2.45, 2.75) is 64.2 Å². The SMILES string of the molecule is CC(C)(C)NC(N)=NCCC1CC2CCC1O2. The second-order valence-corrected chi connectivity index (χ2v) is 6.30. The molecule has 0 saturated carbocycles. The zero-order chi connectivity index (χ0) is 12.5. The summed E-state index contributed by atoms with van der Waals surface area (Å²) in [4.78, 5) is 4.38. The van der Waals surface area contributed by atoms with Gasteiger partial charge in [-0.3, -0.25) is 4.99 Å². The fourth-order valence-electron chi connectivity index (χ4n) is 2.82. The van der Waals surface area contributed by atoms with E-state index in [0.717, 1.165) is 13.0 Å². The first-order chi connectivity index (χ1) is 7.94. The van der Waals surface area contributed by atoms with E-state index < -0.39 is 0 Å². The van der Waals surface area contributed by atoms with E-state index in [-0.39, 0.29) is 5.54 Å². The van der Waals surface area contributed by atoms with Crippen molar-refractivity contribution < 1.29 is 4.74 Å². The Morgan fingerprint density at radius 3 is 2.71 bits per heavy atom. The minimum atomic E-state index is -0.0108. The first-order valence-electron chi connectivity index (χ1n) is 6.67. The van der Waals surface area contributed by atoms with Gasteiger partial charge in [-0.1, -0.05) is 0 Å². The third kappa shape index (κ3) is 3.60. The Morgan fingerprint density at radius 1 is 1.41 bits per heavy atom. The molecule has 2 saturated heterocycles. The topological polar surface area (TPSA) is 59.6 Å². The molecule has 17 heavy (non-hydrogen) atoms. The maximum absolute atomic E-state index is 5.83. The molecule has 0 amide bonds. The highest BCUT2D eigenvalue weighted by Crippen LogP contribution is 2.40. The molecular weight excluding hydrogens is 214 g/mol. The summed E-state index contributed by atoms with van der Waals surface area (Å²) in [7, 11) is 0. The van der Waals surface area contributed by atoms with Gasteiger partial charge in [-0.15, -0.1) is 0 Å². The van der Waals surface area contributed by atoms with Crippen LogP contribution in [0.1, 0.15) is 46.5 Å². The van der Waals surface area contributed by atoms with Crippen molar-refractivity contribution in [3.05, 3.63) is 0 Å². The molecule has 0 radical (unpaired) electrons. The molecule has 4 heteroatoms. The average Bonchev–Trinajstić information content (AvgIpc) is 2.75. The van der Waals surface area contributed by atoms with Gasteiger partial charge in [-0.25, -0.2) is 0 Å². The zero-order valence-electron chi connectivity index (χ0n) is 11.2. The van der Waals surface area contributed by atoms with E-state index in [1.165, 1.54) is 19.3 Å². The van der Waals surface area contributed by atoms with Crippen molar-refractivity contribution in [3.8, 4) is 0 Å². The van der Waals surface area contributed by atoms with Crippen molar-refractivity contribution in [2.24, 2.45) is 16.6 Å². The molecule has 0 aliphatic carbocycles. The zero-order valence-corrected chi connectivity index (χ0v) is 11.2. The molecule has 2 aliphatic heterocycles. The highest BCUT2D eigenvalue weighted by atomic mass is 16.5. The van der Waals surface area contributed by atoms with Gasteiger partial charge in [0.15, 0.2) is 5.96 Å². The van der Waals surface area contributed by atoms with E-state index in [2.05, 4.69) is 31.1 Å². The van der Waals surface area contributed by atoms with E-state index in [1.807, 2.05) is 0 Å². The summed E-state index contributed by atoms with van der Waals surface area (Å²) in [6.45, 7) is 7.06. The lowest BCUT2D eigenvalue weighted by molar-refractivity contribution is 0.0916. The second kappa shape index (κ2) is 4.84. The molecule has 3 unspecified atom stereocenters. The highest BCUT2D eigenvalue weighted by Gasteiger charge is 2.39. The summed E-state index contributed by atoms with van der Waals surface area (Å²) < 4.78 is 5.83. The van der Waals surface area contributed by atoms with Gasteiger partial charge in [-0.2, -0.15) is 0 Å². The number of hydrogen-bond acceptors (Lipinski definition) is 2. The highest BCUT2D eigenvalue weighted by molar-refractivity contribution is 5.78. The lowest BCUT2D eigenvalue weighted by Crippen LogP contribution is -2.45. The molecule has 2 rings (SSSR count). The molecule has 2 bridgehead atoms. The van der Waals surface area contributed by atoms with Crippen LogP contribution in [0.3, 0.4) is 0 Å². The predicted octanol–water partition coefficient (Wildman–Crippen LogP) is 1.65. The van der Waals surface area contributed by atoms with Gasteiger partial charge < -0.3 is 15.8 Å².